The van der Waals surface area contributed by atoms with Crippen molar-refractivity contribution >= 4 is 11.3 Å². The molecule has 1 atom stereocenters. The van der Waals surface area contributed by atoms with Crippen LogP contribution in [0.1, 0.15) is 25.1 Å². The van der Waals surface area contributed by atoms with Gasteiger partial charge in [-0.05, 0) is 38.3 Å². The van der Waals surface area contributed by atoms with Crippen LogP contribution in [-0.4, -0.2) is 30.6 Å². The molecule has 0 amide bonds. The molecule has 0 radical (unpaired) electrons. The number of nitrogens with zero attached hydrogens (tertiary/aromatic N) is 1. The van der Waals surface area contributed by atoms with Gasteiger partial charge in [0.15, 0.2) is 0 Å². The van der Waals surface area contributed by atoms with Crippen LogP contribution in [0.3, 0.4) is 0 Å². The molecule has 0 saturated carbocycles. The second-order valence-electron chi connectivity index (χ2n) is 4.31. The maximum atomic E-state index is 5.83. The molecule has 15 heavy (non-hydrogen) atoms. The molecule has 0 spiro atoms. The van der Waals surface area contributed by atoms with Crippen molar-refractivity contribution in [2.75, 3.05) is 20.1 Å². The predicted molar refractivity (Wildman–Crippen MR) is 68.4 cm³/mol. The van der Waals surface area contributed by atoms with Gasteiger partial charge in [-0.15, -0.1) is 11.3 Å². The van der Waals surface area contributed by atoms with Gasteiger partial charge in [0.05, 0.1) is 0 Å². The summed E-state index contributed by atoms with van der Waals surface area (Å²) in [5.41, 5.74) is 5.98. The first-order valence-electron chi connectivity index (χ1n) is 5.56. The minimum atomic E-state index is 0.150. The van der Waals surface area contributed by atoms with Crippen LogP contribution < -0.4 is 5.73 Å². The van der Waals surface area contributed by atoms with Crippen molar-refractivity contribution in [3.05, 3.63) is 22.4 Å². The molecular weight excluding hydrogens is 204 g/mol. The average molecular weight is 226 g/mol. The predicted octanol–water partition coefficient (Wildman–Crippen LogP) is 2.35. The normalized spacial score (nSPS) is 15.5. The van der Waals surface area contributed by atoms with Crippen molar-refractivity contribution in [3.8, 4) is 0 Å². The van der Waals surface area contributed by atoms with Gasteiger partial charge < -0.3 is 5.73 Å². The Bertz CT molecular complexity index is 265. The SMILES string of the molecule is CCC(C)(CN)N(C)CCc1cccs1. The van der Waals surface area contributed by atoms with Gasteiger partial charge in [-0.1, -0.05) is 13.0 Å². The highest BCUT2D eigenvalue weighted by atomic mass is 32.1. The molecule has 3 heteroatoms. The van der Waals surface area contributed by atoms with Crippen molar-refractivity contribution in [2.45, 2.75) is 32.2 Å². The molecule has 1 aromatic heterocycles. The maximum absolute atomic E-state index is 5.83. The fraction of sp³-hybridized carbons (Fsp3) is 0.667. The molecule has 1 heterocycles. The second kappa shape index (κ2) is 5.64. The Labute approximate surface area is 97.1 Å². The van der Waals surface area contributed by atoms with Gasteiger partial charge in [0.1, 0.15) is 0 Å². The average Bonchev–Trinajstić information content (AvgIpc) is 2.77. The van der Waals surface area contributed by atoms with Crippen LogP contribution in [0.15, 0.2) is 17.5 Å². The van der Waals surface area contributed by atoms with Crippen LogP contribution in [0.4, 0.5) is 0 Å². The third-order valence-electron chi connectivity index (χ3n) is 3.40. The molecule has 86 valence electrons. The minimum Gasteiger partial charge on any atom is -0.329 e. The highest BCUT2D eigenvalue weighted by Crippen LogP contribution is 2.17. The molecule has 0 bridgehead atoms. The van der Waals surface area contributed by atoms with Gasteiger partial charge in [-0.3, -0.25) is 4.90 Å². The van der Waals surface area contributed by atoms with Crippen LogP contribution in [0.25, 0.3) is 0 Å². The number of hydrogen-bond donors (Lipinski definition) is 1. The van der Waals surface area contributed by atoms with Crippen LogP contribution in [-0.2, 0) is 6.42 Å². The summed E-state index contributed by atoms with van der Waals surface area (Å²) in [6.07, 6.45) is 2.23. The van der Waals surface area contributed by atoms with E-state index in [1.54, 1.807) is 0 Å². The number of rotatable bonds is 6. The maximum Gasteiger partial charge on any atom is 0.0298 e. The largest absolute Gasteiger partial charge is 0.329 e. The third-order valence-corrected chi connectivity index (χ3v) is 4.33. The lowest BCUT2D eigenvalue weighted by Gasteiger charge is -2.37. The molecular formula is C12H22N2S. The van der Waals surface area contributed by atoms with E-state index in [1.807, 2.05) is 11.3 Å². The van der Waals surface area contributed by atoms with Crippen molar-refractivity contribution in [3.63, 3.8) is 0 Å². The molecule has 1 rings (SSSR count). The Morgan fingerprint density at radius 3 is 2.73 bits per heavy atom. The summed E-state index contributed by atoms with van der Waals surface area (Å²) in [7, 11) is 2.17. The van der Waals surface area contributed by atoms with E-state index in [-0.39, 0.29) is 5.54 Å². The number of hydrogen-bond acceptors (Lipinski definition) is 3. The summed E-state index contributed by atoms with van der Waals surface area (Å²) in [6, 6.07) is 4.31. The third kappa shape index (κ3) is 3.30. The Hall–Kier alpha value is -0.380. The van der Waals surface area contributed by atoms with E-state index >= 15 is 0 Å². The quantitative estimate of drug-likeness (QED) is 0.807. The minimum absolute atomic E-state index is 0.150. The zero-order valence-corrected chi connectivity index (χ0v) is 10.8. The van der Waals surface area contributed by atoms with E-state index in [4.69, 9.17) is 5.73 Å². The van der Waals surface area contributed by atoms with Gasteiger partial charge in [0.25, 0.3) is 0 Å². The Kier molecular flexibility index (Phi) is 4.77. The summed E-state index contributed by atoms with van der Waals surface area (Å²) in [5, 5.41) is 2.14. The van der Waals surface area contributed by atoms with Gasteiger partial charge >= 0.3 is 0 Å². The van der Waals surface area contributed by atoms with Gasteiger partial charge in [0, 0.05) is 23.5 Å². The highest BCUT2D eigenvalue weighted by molar-refractivity contribution is 7.09. The molecule has 0 aliphatic carbocycles. The second-order valence-corrected chi connectivity index (χ2v) is 5.34. The van der Waals surface area contributed by atoms with Gasteiger partial charge in [-0.25, -0.2) is 0 Å². The first-order valence-corrected chi connectivity index (χ1v) is 6.44. The van der Waals surface area contributed by atoms with Crippen LogP contribution in [0.5, 0.6) is 0 Å². The van der Waals surface area contributed by atoms with E-state index in [1.165, 1.54) is 4.88 Å². The topological polar surface area (TPSA) is 29.3 Å². The van der Waals surface area contributed by atoms with E-state index in [0.717, 1.165) is 25.9 Å². The fourth-order valence-corrected chi connectivity index (χ4v) is 2.27. The lowest BCUT2D eigenvalue weighted by atomic mass is 9.97. The molecule has 1 aromatic rings. The van der Waals surface area contributed by atoms with E-state index in [0.29, 0.717) is 0 Å². The zero-order chi connectivity index (χ0) is 11.3. The number of nitrogens with two attached hydrogens (primary N) is 1. The molecule has 0 fully saturated rings. The number of thiophene rings is 1. The smallest absolute Gasteiger partial charge is 0.0298 e. The Balaban J connectivity index is 2.44. The van der Waals surface area contributed by atoms with Crippen molar-refractivity contribution < 1.29 is 0 Å². The summed E-state index contributed by atoms with van der Waals surface area (Å²) in [4.78, 5) is 3.84. The Morgan fingerprint density at radius 1 is 1.53 bits per heavy atom. The van der Waals surface area contributed by atoms with Crippen molar-refractivity contribution in [1.29, 1.82) is 0 Å². The van der Waals surface area contributed by atoms with E-state index < -0.39 is 0 Å². The van der Waals surface area contributed by atoms with Crippen LogP contribution in [0, 0.1) is 0 Å². The first kappa shape index (κ1) is 12.7. The molecule has 2 N–H and O–H groups in total. The molecule has 0 saturated heterocycles. The van der Waals surface area contributed by atoms with Crippen molar-refractivity contribution in [2.24, 2.45) is 5.73 Å². The van der Waals surface area contributed by atoms with Gasteiger partial charge in [0.2, 0.25) is 0 Å². The van der Waals surface area contributed by atoms with E-state index in [9.17, 15) is 0 Å². The van der Waals surface area contributed by atoms with Crippen LogP contribution in [0.2, 0.25) is 0 Å². The zero-order valence-electron chi connectivity index (χ0n) is 9.99. The fourth-order valence-electron chi connectivity index (χ4n) is 1.57. The highest BCUT2D eigenvalue weighted by Gasteiger charge is 2.24. The number of likely N-dealkylation sites (N-methyl/N-ethyl adjacent to an activating group) is 1. The summed E-state index contributed by atoms with van der Waals surface area (Å²) >= 11 is 1.83. The standard InChI is InChI=1S/C12H22N2S/c1-4-12(2,10-13)14(3)8-7-11-6-5-9-15-11/h5-6,9H,4,7-8,10,13H2,1-3H3. The summed E-state index contributed by atoms with van der Waals surface area (Å²) in [6.45, 7) is 6.25. The lowest BCUT2D eigenvalue weighted by molar-refractivity contribution is 0.141. The summed E-state index contributed by atoms with van der Waals surface area (Å²) in [5.74, 6) is 0. The molecule has 2 nitrogen and oxygen atoms in total. The molecule has 1 unspecified atom stereocenters. The molecule has 0 aliphatic heterocycles. The molecule has 0 aromatic carbocycles. The Morgan fingerprint density at radius 2 is 2.27 bits per heavy atom. The van der Waals surface area contributed by atoms with Crippen molar-refractivity contribution in [1.82, 2.24) is 4.90 Å². The monoisotopic (exact) mass is 226 g/mol. The first-order chi connectivity index (χ1) is 7.12. The van der Waals surface area contributed by atoms with Gasteiger partial charge in [-0.2, -0.15) is 0 Å². The van der Waals surface area contributed by atoms with E-state index in [2.05, 4.69) is 43.3 Å². The molecule has 0 aliphatic rings. The summed E-state index contributed by atoms with van der Waals surface area (Å²) < 4.78 is 0. The van der Waals surface area contributed by atoms with Crippen LogP contribution >= 0.6 is 11.3 Å². The lowest BCUT2D eigenvalue weighted by Crippen LogP contribution is -2.49.